The van der Waals surface area contributed by atoms with Gasteiger partial charge >= 0.3 is 0 Å². The van der Waals surface area contributed by atoms with Gasteiger partial charge in [0.05, 0.1) is 5.56 Å². The molecule has 0 aliphatic rings. The highest BCUT2D eigenvalue weighted by Crippen LogP contribution is 2.24. The Hall–Kier alpha value is -2.31. The Morgan fingerprint density at radius 2 is 1.76 bits per heavy atom. The molecule has 2 aromatic rings. The first-order chi connectivity index (χ1) is 10.0. The first-order valence-electron chi connectivity index (χ1n) is 6.64. The molecule has 1 N–H and O–H groups in total. The molecule has 0 saturated carbocycles. The molecule has 112 valence electrons. The van der Waals surface area contributed by atoms with E-state index >= 15 is 0 Å². The van der Waals surface area contributed by atoms with Crippen LogP contribution in [-0.4, -0.2) is 35.6 Å². The topological polar surface area (TPSA) is 53.9 Å². The lowest BCUT2D eigenvalue weighted by molar-refractivity contribution is 0.587. The maximum atomic E-state index is 13.9. The van der Waals surface area contributed by atoms with Crippen LogP contribution in [0.25, 0.3) is 11.4 Å². The van der Waals surface area contributed by atoms with Crippen molar-refractivity contribution in [3.63, 3.8) is 0 Å². The van der Waals surface area contributed by atoms with Crippen LogP contribution >= 0.6 is 0 Å². The lowest BCUT2D eigenvalue weighted by Gasteiger charge is -2.14. The summed E-state index contributed by atoms with van der Waals surface area (Å²) in [5.41, 5.74) is -0.248. The van der Waals surface area contributed by atoms with Gasteiger partial charge in [-0.1, -0.05) is 13.0 Å². The third kappa shape index (κ3) is 3.42. The van der Waals surface area contributed by atoms with Gasteiger partial charge < -0.3 is 10.2 Å². The fourth-order valence-corrected chi connectivity index (χ4v) is 1.70. The van der Waals surface area contributed by atoms with Crippen LogP contribution < -0.4 is 10.2 Å². The largest absolute Gasteiger partial charge is 0.354 e. The molecule has 0 amide bonds. The average molecular weight is 293 g/mol. The quantitative estimate of drug-likeness (QED) is 0.918. The summed E-state index contributed by atoms with van der Waals surface area (Å²) >= 11 is 0. The Bertz CT molecular complexity index is 611. The van der Waals surface area contributed by atoms with Crippen molar-refractivity contribution >= 4 is 11.9 Å². The van der Waals surface area contributed by atoms with Gasteiger partial charge in [-0.2, -0.15) is 15.0 Å². The van der Waals surface area contributed by atoms with E-state index in [0.717, 1.165) is 6.42 Å². The highest BCUT2D eigenvalue weighted by Gasteiger charge is 2.17. The second kappa shape index (κ2) is 6.43. The van der Waals surface area contributed by atoms with Crippen molar-refractivity contribution in [1.29, 1.82) is 0 Å². The van der Waals surface area contributed by atoms with Gasteiger partial charge in [0.2, 0.25) is 11.9 Å². The van der Waals surface area contributed by atoms with E-state index < -0.39 is 11.6 Å². The number of nitrogens with zero attached hydrogens (tertiary/aromatic N) is 4. The summed E-state index contributed by atoms with van der Waals surface area (Å²) in [7, 11) is 3.50. The second-order valence-corrected chi connectivity index (χ2v) is 4.70. The van der Waals surface area contributed by atoms with E-state index in [1.807, 2.05) is 6.92 Å². The van der Waals surface area contributed by atoms with Gasteiger partial charge in [0, 0.05) is 20.6 Å². The summed E-state index contributed by atoms with van der Waals surface area (Å²) < 4.78 is 27.8. The van der Waals surface area contributed by atoms with Crippen LogP contribution in [0.15, 0.2) is 18.2 Å². The monoisotopic (exact) mass is 293 g/mol. The molecule has 5 nitrogen and oxygen atoms in total. The molecule has 0 spiro atoms. The van der Waals surface area contributed by atoms with E-state index in [4.69, 9.17) is 0 Å². The summed E-state index contributed by atoms with van der Waals surface area (Å²) in [6, 6.07) is 3.66. The Balaban J connectivity index is 2.54. The Morgan fingerprint density at radius 1 is 1.10 bits per heavy atom. The fraction of sp³-hybridized carbons (Fsp3) is 0.357. The standard InChI is InChI=1S/C14H17F2N5/c1-4-8-17-13-18-12(19-14(20-13)21(2)3)11-9(15)6-5-7-10(11)16/h5-7H,4,8H2,1-3H3,(H,17,18,19,20). The second-order valence-electron chi connectivity index (χ2n) is 4.70. The van der Waals surface area contributed by atoms with E-state index in [1.54, 1.807) is 19.0 Å². The van der Waals surface area contributed by atoms with Crippen molar-refractivity contribution in [2.24, 2.45) is 0 Å². The molecule has 1 aromatic carbocycles. The zero-order valence-electron chi connectivity index (χ0n) is 12.2. The lowest BCUT2D eigenvalue weighted by atomic mass is 10.2. The van der Waals surface area contributed by atoms with Gasteiger partial charge in [-0.05, 0) is 18.6 Å². The van der Waals surface area contributed by atoms with Crippen LogP contribution in [0, 0.1) is 11.6 Å². The Morgan fingerprint density at radius 3 is 2.33 bits per heavy atom. The normalized spacial score (nSPS) is 10.5. The van der Waals surface area contributed by atoms with Crippen LogP contribution in [-0.2, 0) is 0 Å². The molecular formula is C14H17F2N5. The van der Waals surface area contributed by atoms with Crippen molar-refractivity contribution in [2.45, 2.75) is 13.3 Å². The number of nitrogens with one attached hydrogen (secondary N) is 1. The molecule has 0 bridgehead atoms. The minimum Gasteiger partial charge on any atom is -0.354 e. The number of hydrogen-bond acceptors (Lipinski definition) is 5. The van der Waals surface area contributed by atoms with E-state index in [9.17, 15) is 8.78 Å². The van der Waals surface area contributed by atoms with Crippen LogP contribution in [0.1, 0.15) is 13.3 Å². The fourth-order valence-electron chi connectivity index (χ4n) is 1.70. The lowest BCUT2D eigenvalue weighted by Crippen LogP contribution is -2.16. The summed E-state index contributed by atoms with van der Waals surface area (Å²) in [6.45, 7) is 2.66. The molecule has 0 fully saturated rings. The zero-order valence-corrected chi connectivity index (χ0v) is 12.2. The van der Waals surface area contributed by atoms with Crippen molar-refractivity contribution < 1.29 is 8.78 Å². The minimum atomic E-state index is -0.702. The van der Waals surface area contributed by atoms with Gasteiger partial charge in [-0.25, -0.2) is 8.78 Å². The third-order valence-corrected chi connectivity index (χ3v) is 2.74. The van der Waals surface area contributed by atoms with Crippen molar-refractivity contribution in [2.75, 3.05) is 30.9 Å². The van der Waals surface area contributed by atoms with Crippen molar-refractivity contribution in [1.82, 2.24) is 15.0 Å². The van der Waals surface area contributed by atoms with Crippen LogP contribution in [0.5, 0.6) is 0 Å². The van der Waals surface area contributed by atoms with Crippen LogP contribution in [0.4, 0.5) is 20.7 Å². The van der Waals surface area contributed by atoms with Crippen LogP contribution in [0.2, 0.25) is 0 Å². The number of rotatable bonds is 5. The van der Waals surface area contributed by atoms with Crippen molar-refractivity contribution in [3.05, 3.63) is 29.8 Å². The molecule has 0 unspecified atom stereocenters. The molecule has 0 radical (unpaired) electrons. The highest BCUT2D eigenvalue weighted by molar-refractivity contribution is 5.59. The zero-order chi connectivity index (χ0) is 15.4. The maximum Gasteiger partial charge on any atom is 0.230 e. The van der Waals surface area contributed by atoms with Gasteiger partial charge in [0.1, 0.15) is 11.6 Å². The summed E-state index contributed by atoms with van der Waals surface area (Å²) in [4.78, 5) is 14.1. The summed E-state index contributed by atoms with van der Waals surface area (Å²) in [5, 5.41) is 3.00. The van der Waals surface area contributed by atoms with Gasteiger partial charge in [-0.3, -0.25) is 0 Å². The summed E-state index contributed by atoms with van der Waals surface area (Å²) in [6.07, 6.45) is 0.881. The molecule has 2 rings (SSSR count). The molecule has 0 atom stereocenters. The number of benzene rings is 1. The first kappa shape index (κ1) is 15.1. The predicted octanol–water partition coefficient (Wildman–Crippen LogP) is 2.70. The van der Waals surface area contributed by atoms with E-state index in [-0.39, 0.29) is 11.4 Å². The van der Waals surface area contributed by atoms with Crippen LogP contribution in [0.3, 0.4) is 0 Å². The van der Waals surface area contributed by atoms with E-state index in [1.165, 1.54) is 18.2 Å². The molecule has 7 heteroatoms. The summed E-state index contributed by atoms with van der Waals surface area (Å²) in [5.74, 6) is -0.794. The SMILES string of the molecule is CCCNc1nc(-c2c(F)cccc2F)nc(N(C)C)n1. The molecule has 21 heavy (non-hydrogen) atoms. The molecule has 0 saturated heterocycles. The number of halogens is 2. The van der Waals surface area contributed by atoms with E-state index in [0.29, 0.717) is 18.4 Å². The molecule has 1 heterocycles. The number of anilines is 2. The Labute approximate surface area is 122 Å². The van der Waals surface area contributed by atoms with Gasteiger partial charge in [0.15, 0.2) is 5.82 Å². The minimum absolute atomic E-state index is 0.0251. The Kier molecular flexibility index (Phi) is 4.62. The van der Waals surface area contributed by atoms with Gasteiger partial charge in [0.25, 0.3) is 0 Å². The van der Waals surface area contributed by atoms with Crippen molar-refractivity contribution in [3.8, 4) is 11.4 Å². The smallest absolute Gasteiger partial charge is 0.230 e. The molecule has 1 aromatic heterocycles. The maximum absolute atomic E-state index is 13.9. The highest BCUT2D eigenvalue weighted by atomic mass is 19.1. The number of aromatic nitrogens is 3. The van der Waals surface area contributed by atoms with E-state index in [2.05, 4.69) is 20.3 Å². The van der Waals surface area contributed by atoms with Gasteiger partial charge in [-0.15, -0.1) is 0 Å². The third-order valence-electron chi connectivity index (χ3n) is 2.74. The molecular weight excluding hydrogens is 276 g/mol. The molecule has 0 aliphatic heterocycles. The first-order valence-corrected chi connectivity index (χ1v) is 6.64. The molecule has 0 aliphatic carbocycles. The average Bonchev–Trinajstić information content (AvgIpc) is 2.44. The number of hydrogen-bond donors (Lipinski definition) is 1. The predicted molar refractivity (Wildman–Crippen MR) is 78.3 cm³/mol.